The Labute approximate surface area is 127 Å². The molecule has 0 aromatic heterocycles. The van der Waals surface area contributed by atoms with Gasteiger partial charge in [0, 0.05) is 0 Å². The monoisotopic (exact) mass is 440 g/mol. The van der Waals surface area contributed by atoms with Crippen LogP contribution in [-0.4, -0.2) is 5.49 Å². The molecule has 0 unspecified atom stereocenters. The predicted molar refractivity (Wildman–Crippen MR) is 75.1 cm³/mol. The van der Waals surface area contributed by atoms with Crippen LogP contribution < -0.4 is 0 Å². The Kier molecular flexibility index (Phi) is 24.6. The van der Waals surface area contributed by atoms with Gasteiger partial charge in [0.05, 0.1) is 0 Å². The summed E-state index contributed by atoms with van der Waals surface area (Å²) in [7, 11) is 0. The van der Waals surface area contributed by atoms with Gasteiger partial charge in [-0.15, -0.1) is 37.7 Å². The number of hydrogen-bond donors (Lipinski definition) is 0. The summed E-state index contributed by atoms with van der Waals surface area (Å²) in [5, 5.41) is 0. The van der Waals surface area contributed by atoms with Gasteiger partial charge in [0.25, 0.3) is 0 Å². The van der Waals surface area contributed by atoms with Crippen LogP contribution in [-0.2, 0) is 23.0 Å². The summed E-state index contributed by atoms with van der Waals surface area (Å²) < 4.78 is 0. The van der Waals surface area contributed by atoms with Crippen LogP contribution in [0.4, 0.5) is 0 Å². The molecule has 2 aliphatic carbocycles. The van der Waals surface area contributed by atoms with E-state index in [2.05, 4.69) is 37.4 Å². The van der Waals surface area contributed by atoms with Crippen LogP contribution >= 0.6 is 24.8 Å². The van der Waals surface area contributed by atoms with Crippen molar-refractivity contribution in [2.45, 2.75) is 25.9 Å². The second-order valence-electron chi connectivity index (χ2n) is 3.01. The third-order valence-electron chi connectivity index (χ3n) is 1.17. The summed E-state index contributed by atoms with van der Waals surface area (Å²) in [5.74, 6) is 0. The molecule has 0 spiro atoms. The fourth-order valence-corrected chi connectivity index (χ4v) is 0.680. The minimum atomic E-state index is 0. The van der Waals surface area contributed by atoms with Crippen molar-refractivity contribution in [3.05, 3.63) is 48.6 Å². The molecule has 0 bridgehead atoms. The normalized spacial score (nSPS) is 12.8. The molecule has 0 radical (unpaired) electrons. The van der Waals surface area contributed by atoms with Crippen molar-refractivity contribution in [2.75, 3.05) is 0 Å². The van der Waals surface area contributed by atoms with E-state index in [0.717, 1.165) is 12.8 Å². The van der Waals surface area contributed by atoms with Gasteiger partial charge in [0.1, 0.15) is 0 Å². The van der Waals surface area contributed by atoms with E-state index >= 15 is 0 Å². The molecule has 0 nitrogen and oxygen atoms in total. The predicted octanol–water partition coefficient (Wildman–Crippen LogP) is 4.24. The molecular weight excluding hydrogens is 422 g/mol. The molecule has 16 heavy (non-hydrogen) atoms. The molecule has 0 atom stereocenters. The van der Waals surface area contributed by atoms with Crippen LogP contribution in [0, 0.1) is 12.2 Å². The van der Waals surface area contributed by atoms with E-state index in [9.17, 15) is 0 Å². The Hall–Kier alpha value is 0.627. The number of halogens is 2. The van der Waals surface area contributed by atoms with Crippen LogP contribution in [0.2, 0.25) is 13.1 Å². The zero-order valence-corrected chi connectivity index (χ0v) is 15.9. The third-order valence-corrected chi connectivity index (χ3v) is 1.17. The molecule has 0 aromatic carbocycles. The van der Waals surface area contributed by atoms with Gasteiger partial charge in [-0.3, -0.25) is 12.2 Å². The summed E-state index contributed by atoms with van der Waals surface area (Å²) >= 11 is 1.45. The summed E-state index contributed by atoms with van der Waals surface area (Å²) in [6.07, 6.45) is 20.0. The van der Waals surface area contributed by atoms with E-state index in [-0.39, 0.29) is 30.3 Å². The van der Waals surface area contributed by atoms with Gasteiger partial charge >= 0.3 is 41.6 Å². The minimum absolute atomic E-state index is 0. The van der Waals surface area contributed by atoms with Crippen LogP contribution in [0.1, 0.15) is 12.8 Å². The van der Waals surface area contributed by atoms with E-state index in [1.54, 1.807) is 0 Å². The van der Waals surface area contributed by atoms with Crippen LogP contribution in [0.5, 0.6) is 0 Å². The molecule has 0 saturated heterocycles. The first kappa shape index (κ1) is 21.9. The molecular formula is C12H18Cl2HfSi. The topological polar surface area (TPSA) is 0 Å². The van der Waals surface area contributed by atoms with Crippen molar-refractivity contribution < 1.29 is 23.0 Å². The summed E-state index contributed by atoms with van der Waals surface area (Å²) in [4.78, 5) is 0. The molecule has 0 amide bonds. The number of rotatable bonds is 0. The average molecular weight is 440 g/mol. The smallest absolute Gasteiger partial charge is 0.109 e. The zero-order valence-electron chi connectivity index (χ0n) is 9.69. The van der Waals surface area contributed by atoms with E-state index in [1.807, 2.05) is 24.3 Å². The number of hydrogen-bond acceptors (Lipinski definition) is 0. The Morgan fingerprint density at radius 3 is 1.31 bits per heavy atom. The maximum atomic E-state index is 2.99. The zero-order chi connectivity index (χ0) is 10.6. The van der Waals surface area contributed by atoms with Crippen molar-refractivity contribution >= 4 is 30.3 Å². The van der Waals surface area contributed by atoms with Gasteiger partial charge in [0.15, 0.2) is 0 Å². The maximum absolute atomic E-state index is 2.99. The standard InChI is InChI=1S/2C5H5.C2H6Si.2ClH.Hf/c2*1-2-4-5-3-1;1-3-2;;;/h2*1-3H,4H2;1-2H3;2*1H;/q2*-1;;;;+2. The first-order valence-electron chi connectivity index (χ1n) is 4.68. The average Bonchev–Trinajstić information content (AvgIpc) is 2.83. The van der Waals surface area contributed by atoms with E-state index in [0.29, 0.717) is 0 Å². The van der Waals surface area contributed by atoms with E-state index in [4.69, 9.17) is 0 Å². The Morgan fingerprint density at radius 2 is 1.25 bits per heavy atom. The summed E-state index contributed by atoms with van der Waals surface area (Å²) in [5.41, 5.74) is 0.259. The molecule has 0 heterocycles. The molecule has 0 fully saturated rings. The first-order chi connectivity index (χ1) is 6.73. The summed E-state index contributed by atoms with van der Waals surface area (Å²) in [6.45, 7) is 4.66. The molecule has 4 heteroatoms. The van der Waals surface area contributed by atoms with Gasteiger partial charge in [-0.1, -0.05) is 0 Å². The third kappa shape index (κ3) is 24.1. The Balaban J connectivity index is -0.000000151. The Bertz CT molecular complexity index is 222. The second-order valence-corrected chi connectivity index (χ2v) is 15.8. The van der Waals surface area contributed by atoms with Crippen LogP contribution in [0.15, 0.2) is 36.5 Å². The van der Waals surface area contributed by atoms with Crippen molar-refractivity contribution in [3.8, 4) is 0 Å². The van der Waals surface area contributed by atoms with Gasteiger partial charge in [-0.25, -0.2) is 24.3 Å². The molecule has 0 saturated carbocycles. The fourth-order valence-electron chi connectivity index (χ4n) is 0.680. The van der Waals surface area contributed by atoms with Crippen LogP contribution in [0.25, 0.3) is 0 Å². The van der Waals surface area contributed by atoms with Crippen molar-refractivity contribution in [1.29, 1.82) is 0 Å². The van der Waals surface area contributed by atoms with Gasteiger partial charge in [0.2, 0.25) is 0 Å². The van der Waals surface area contributed by atoms with Gasteiger partial charge in [-0.2, -0.15) is 12.2 Å². The summed E-state index contributed by atoms with van der Waals surface area (Å²) in [6, 6.07) is 0. The minimum Gasteiger partial charge on any atom is -0.273 e. The van der Waals surface area contributed by atoms with Gasteiger partial charge < -0.3 is 0 Å². The SMILES string of the molecule is C[Si](C)=[Hf+2].Cl.Cl.[C-]1=CC=CC1.[C-]1=CC=CC1. The molecule has 0 aliphatic heterocycles. The quantitative estimate of drug-likeness (QED) is 0.391. The van der Waals surface area contributed by atoms with Crippen LogP contribution in [0.3, 0.4) is 0 Å². The number of allylic oxidation sites excluding steroid dienone is 8. The van der Waals surface area contributed by atoms with E-state index in [1.165, 1.54) is 23.0 Å². The fraction of sp³-hybridized carbons (Fsp3) is 0.333. The largest absolute Gasteiger partial charge is 0.273 e. The molecule has 2 aliphatic rings. The molecule has 88 valence electrons. The molecule has 2 rings (SSSR count). The van der Waals surface area contributed by atoms with Crippen molar-refractivity contribution in [2.24, 2.45) is 0 Å². The Morgan fingerprint density at radius 1 is 0.938 bits per heavy atom. The van der Waals surface area contributed by atoms with Crippen molar-refractivity contribution in [3.63, 3.8) is 0 Å². The maximum Gasteiger partial charge on any atom is -0.109 e. The second kappa shape index (κ2) is 18.0. The van der Waals surface area contributed by atoms with Crippen molar-refractivity contribution in [1.82, 2.24) is 0 Å². The van der Waals surface area contributed by atoms with Gasteiger partial charge in [-0.05, 0) is 0 Å². The first-order valence-corrected chi connectivity index (χ1v) is 12.6. The van der Waals surface area contributed by atoms with E-state index < -0.39 is 0 Å². The molecule has 0 N–H and O–H groups in total. The molecule has 0 aromatic rings.